The first-order valence-electron chi connectivity index (χ1n) is 9.43. The van der Waals surface area contributed by atoms with Gasteiger partial charge in [0.2, 0.25) is 0 Å². The van der Waals surface area contributed by atoms with E-state index in [0.29, 0.717) is 5.76 Å². The summed E-state index contributed by atoms with van der Waals surface area (Å²) >= 11 is 3.40. The van der Waals surface area contributed by atoms with Gasteiger partial charge in [-0.25, -0.2) is 9.78 Å². The second kappa shape index (κ2) is 7.66. The number of amides is 2. The summed E-state index contributed by atoms with van der Waals surface area (Å²) in [5.74, 6) is 0.947. The minimum atomic E-state index is -0.993. The minimum Gasteiger partial charge on any atom is -0.465 e. The Kier molecular flexibility index (Phi) is 5.20. The van der Waals surface area contributed by atoms with Crippen LogP contribution in [0.15, 0.2) is 33.4 Å². The predicted molar refractivity (Wildman–Crippen MR) is 108 cm³/mol. The van der Waals surface area contributed by atoms with Crippen molar-refractivity contribution in [3.8, 4) is 0 Å². The summed E-state index contributed by atoms with van der Waals surface area (Å²) in [7, 11) is 1.50. The zero-order valence-electron chi connectivity index (χ0n) is 16.0. The van der Waals surface area contributed by atoms with Gasteiger partial charge in [0.05, 0.1) is 6.54 Å². The molecule has 0 radical (unpaired) electrons. The number of nitrogens with zero attached hydrogens (tertiary/aromatic N) is 4. The Labute approximate surface area is 176 Å². The fourth-order valence-electron chi connectivity index (χ4n) is 4.32. The molecule has 2 fully saturated rings. The molecule has 9 nitrogen and oxygen atoms in total. The van der Waals surface area contributed by atoms with Crippen molar-refractivity contribution >= 4 is 33.7 Å². The van der Waals surface area contributed by atoms with Gasteiger partial charge < -0.3 is 19.8 Å². The van der Waals surface area contributed by atoms with Crippen LogP contribution in [0.25, 0.3) is 0 Å². The number of hydrogen-bond acceptors (Lipinski definition) is 6. The van der Waals surface area contributed by atoms with Crippen LogP contribution in [0.2, 0.25) is 0 Å². The van der Waals surface area contributed by atoms with Crippen LogP contribution in [0.1, 0.15) is 35.5 Å². The summed E-state index contributed by atoms with van der Waals surface area (Å²) in [6, 6.07) is 5.39. The lowest BCUT2D eigenvalue weighted by atomic mass is 9.64. The number of aromatic nitrogens is 2. The third-order valence-corrected chi connectivity index (χ3v) is 6.31. The van der Waals surface area contributed by atoms with Crippen molar-refractivity contribution < 1.29 is 19.2 Å². The average molecular weight is 464 g/mol. The van der Waals surface area contributed by atoms with Gasteiger partial charge in [0.1, 0.15) is 5.82 Å². The number of pyridine rings is 1. The van der Waals surface area contributed by atoms with Crippen LogP contribution in [0.5, 0.6) is 0 Å². The van der Waals surface area contributed by atoms with Crippen LogP contribution in [-0.4, -0.2) is 58.3 Å². The van der Waals surface area contributed by atoms with Crippen LogP contribution < -0.4 is 10.2 Å². The summed E-state index contributed by atoms with van der Waals surface area (Å²) < 4.78 is 6.10. The predicted octanol–water partition coefficient (Wildman–Crippen LogP) is 2.73. The summed E-state index contributed by atoms with van der Waals surface area (Å²) in [5.41, 5.74) is 0.272. The first-order chi connectivity index (χ1) is 13.9. The quantitative estimate of drug-likeness (QED) is 0.700. The molecule has 29 heavy (non-hydrogen) atoms. The molecule has 1 aliphatic carbocycles. The van der Waals surface area contributed by atoms with Gasteiger partial charge in [-0.05, 0) is 52.7 Å². The molecule has 4 rings (SSSR count). The van der Waals surface area contributed by atoms with Crippen molar-refractivity contribution in [3.05, 3.63) is 40.3 Å². The van der Waals surface area contributed by atoms with Gasteiger partial charge in [0, 0.05) is 42.9 Å². The van der Waals surface area contributed by atoms with E-state index in [9.17, 15) is 14.7 Å². The van der Waals surface area contributed by atoms with Gasteiger partial charge in [-0.1, -0.05) is 5.16 Å². The van der Waals surface area contributed by atoms with Crippen LogP contribution in [0.3, 0.4) is 0 Å². The number of carboxylic acid groups (broad SMARTS) is 1. The van der Waals surface area contributed by atoms with Gasteiger partial charge in [-0.15, -0.1) is 0 Å². The zero-order valence-corrected chi connectivity index (χ0v) is 17.6. The number of halogens is 1. The molecule has 154 valence electrons. The van der Waals surface area contributed by atoms with Gasteiger partial charge in [0.25, 0.3) is 5.91 Å². The standard InChI is InChI=1S/C19H22BrN5O4/c1-21-17(26)15-6-14(29-23-15)10-25(18(27)28)13-7-19(8-13)4-5-24(11-19)16-3-2-12(20)9-22-16/h2-3,6,9,13H,4-5,7-8,10-11H2,1H3,(H,21,26)(H,27,28). The highest BCUT2D eigenvalue weighted by Gasteiger charge is 2.51. The molecule has 10 heteroatoms. The molecule has 1 aliphatic heterocycles. The Morgan fingerprint density at radius 3 is 2.90 bits per heavy atom. The Morgan fingerprint density at radius 2 is 2.24 bits per heavy atom. The second-order valence-electron chi connectivity index (χ2n) is 7.74. The molecule has 3 heterocycles. The Hall–Kier alpha value is -2.62. The Morgan fingerprint density at radius 1 is 1.45 bits per heavy atom. The molecule has 2 N–H and O–H groups in total. The van der Waals surface area contributed by atoms with Crippen LogP contribution >= 0.6 is 15.9 Å². The molecule has 2 aromatic heterocycles. The average Bonchev–Trinajstić information content (AvgIpc) is 3.32. The van der Waals surface area contributed by atoms with Crippen LogP contribution in [0, 0.1) is 5.41 Å². The maximum atomic E-state index is 11.8. The second-order valence-corrected chi connectivity index (χ2v) is 8.65. The summed E-state index contributed by atoms with van der Waals surface area (Å²) in [6.45, 7) is 1.89. The molecule has 2 amide bonds. The molecule has 2 aliphatic rings. The fraction of sp³-hybridized carbons (Fsp3) is 0.474. The normalized spacial score (nSPS) is 23.1. The molecule has 0 bridgehead atoms. The summed E-state index contributed by atoms with van der Waals surface area (Å²) in [6.07, 6.45) is 3.44. The number of nitrogens with one attached hydrogen (secondary N) is 1. The lowest BCUT2D eigenvalue weighted by molar-refractivity contribution is 0.0131. The van der Waals surface area contributed by atoms with E-state index >= 15 is 0 Å². The molecular weight excluding hydrogens is 442 g/mol. The molecule has 0 aromatic carbocycles. The van der Waals surface area contributed by atoms with E-state index in [-0.39, 0.29) is 29.6 Å². The lowest BCUT2D eigenvalue weighted by Crippen LogP contribution is -2.53. The van der Waals surface area contributed by atoms with Gasteiger partial charge in [0.15, 0.2) is 11.5 Å². The van der Waals surface area contributed by atoms with Crippen molar-refractivity contribution in [3.63, 3.8) is 0 Å². The molecule has 0 unspecified atom stereocenters. The van der Waals surface area contributed by atoms with Crippen LogP contribution in [-0.2, 0) is 6.54 Å². The van der Waals surface area contributed by atoms with E-state index in [2.05, 4.69) is 36.3 Å². The third kappa shape index (κ3) is 3.93. The minimum absolute atomic E-state index is 0.0705. The number of hydrogen-bond donors (Lipinski definition) is 2. The van der Waals surface area contributed by atoms with Gasteiger partial charge >= 0.3 is 6.09 Å². The van der Waals surface area contributed by atoms with Crippen molar-refractivity contribution in [2.24, 2.45) is 5.41 Å². The highest BCUT2D eigenvalue weighted by Crippen LogP contribution is 2.51. The van der Waals surface area contributed by atoms with E-state index in [1.807, 2.05) is 12.1 Å². The molecule has 1 saturated heterocycles. The molecular formula is C19H22BrN5O4. The van der Waals surface area contributed by atoms with Crippen molar-refractivity contribution in [2.45, 2.75) is 31.8 Å². The highest BCUT2D eigenvalue weighted by molar-refractivity contribution is 9.10. The van der Waals surface area contributed by atoms with E-state index in [1.54, 1.807) is 6.20 Å². The van der Waals surface area contributed by atoms with Crippen molar-refractivity contribution in [1.29, 1.82) is 0 Å². The zero-order chi connectivity index (χ0) is 20.6. The monoisotopic (exact) mass is 463 g/mol. The number of anilines is 1. The summed E-state index contributed by atoms with van der Waals surface area (Å²) in [5, 5.41) is 15.8. The molecule has 2 aromatic rings. The Balaban J connectivity index is 1.38. The topological polar surface area (TPSA) is 112 Å². The maximum Gasteiger partial charge on any atom is 0.407 e. The largest absolute Gasteiger partial charge is 0.465 e. The first-order valence-corrected chi connectivity index (χ1v) is 10.2. The van der Waals surface area contributed by atoms with Gasteiger partial charge in [-0.2, -0.15) is 0 Å². The first kappa shape index (κ1) is 19.7. The van der Waals surface area contributed by atoms with E-state index in [1.165, 1.54) is 18.0 Å². The van der Waals surface area contributed by atoms with E-state index in [0.717, 1.165) is 42.6 Å². The smallest absolute Gasteiger partial charge is 0.407 e. The van der Waals surface area contributed by atoms with Gasteiger partial charge in [-0.3, -0.25) is 9.69 Å². The van der Waals surface area contributed by atoms with E-state index < -0.39 is 6.09 Å². The Bertz CT molecular complexity index is 910. The SMILES string of the molecule is CNC(=O)c1cc(CN(C(=O)O)C2CC3(CCN(c4ccc(Br)cn4)C3)C2)on1. The molecule has 0 atom stereocenters. The van der Waals surface area contributed by atoms with Crippen molar-refractivity contribution in [2.75, 3.05) is 25.0 Å². The lowest BCUT2D eigenvalue weighted by Gasteiger charge is -2.48. The molecule has 1 saturated carbocycles. The maximum absolute atomic E-state index is 11.8. The van der Waals surface area contributed by atoms with Crippen molar-refractivity contribution in [1.82, 2.24) is 20.4 Å². The highest BCUT2D eigenvalue weighted by atomic mass is 79.9. The molecule has 1 spiro atoms. The third-order valence-electron chi connectivity index (χ3n) is 5.84. The number of carbonyl (C=O) groups excluding carboxylic acids is 1. The van der Waals surface area contributed by atoms with E-state index in [4.69, 9.17) is 4.52 Å². The van der Waals surface area contributed by atoms with Crippen LogP contribution in [0.4, 0.5) is 10.6 Å². The fourth-order valence-corrected chi connectivity index (χ4v) is 4.56. The number of rotatable bonds is 5. The summed E-state index contributed by atoms with van der Waals surface area (Å²) in [4.78, 5) is 31.5. The number of carbonyl (C=O) groups is 2.